The van der Waals surface area contributed by atoms with Crippen molar-refractivity contribution in [2.75, 3.05) is 13.1 Å². The summed E-state index contributed by atoms with van der Waals surface area (Å²) < 4.78 is 0. The highest BCUT2D eigenvalue weighted by Gasteiger charge is 2.38. The molecule has 152 valence electrons. The molecule has 0 aromatic heterocycles. The van der Waals surface area contributed by atoms with Crippen LogP contribution in [-0.2, 0) is 11.3 Å². The first-order chi connectivity index (χ1) is 12.3. The fourth-order valence-corrected chi connectivity index (χ4v) is 5.02. The highest BCUT2D eigenvalue weighted by Crippen LogP contribution is 2.33. The zero-order chi connectivity index (χ0) is 17.1. The monoisotopic (exact) mass is 413 g/mol. The minimum absolute atomic E-state index is 0. The fraction of sp³-hybridized carbons (Fsp3) is 0.667. The molecular weight excluding hydrogens is 381 g/mol. The third kappa shape index (κ3) is 5.60. The Morgan fingerprint density at radius 2 is 1.85 bits per heavy atom. The SMILES string of the molecule is Cl.Cl.O=C(NCC1CCCN1Cc1ccccc1)C1CC2CCCCC2N1. The Labute approximate surface area is 175 Å². The average Bonchev–Trinajstić information content (AvgIpc) is 3.27. The van der Waals surface area contributed by atoms with Crippen molar-refractivity contribution < 1.29 is 4.79 Å². The lowest BCUT2D eigenvalue weighted by atomic mass is 9.85. The van der Waals surface area contributed by atoms with Crippen LogP contribution >= 0.6 is 24.8 Å². The maximum absolute atomic E-state index is 12.6. The minimum atomic E-state index is 0. The van der Waals surface area contributed by atoms with E-state index in [4.69, 9.17) is 0 Å². The van der Waals surface area contributed by atoms with Gasteiger partial charge in [-0.1, -0.05) is 43.2 Å². The number of nitrogens with one attached hydrogen (secondary N) is 2. The number of hydrogen-bond donors (Lipinski definition) is 2. The van der Waals surface area contributed by atoms with Gasteiger partial charge in [-0.2, -0.15) is 0 Å². The van der Waals surface area contributed by atoms with Crippen LogP contribution in [0.5, 0.6) is 0 Å². The molecule has 0 spiro atoms. The minimum Gasteiger partial charge on any atom is -0.353 e. The number of fused-ring (bicyclic) bond motifs is 1. The molecule has 4 rings (SSSR count). The third-order valence-electron chi connectivity index (χ3n) is 6.42. The standard InChI is InChI=1S/C21H31N3O.2ClH/c25-21(20-13-17-9-4-5-11-19(17)23-20)22-14-18-10-6-12-24(18)15-16-7-2-1-3-8-16;;/h1-3,7-8,17-20,23H,4-6,9-15H2,(H,22,25);2*1H. The van der Waals surface area contributed by atoms with Gasteiger partial charge in [0.2, 0.25) is 5.91 Å². The largest absolute Gasteiger partial charge is 0.353 e. The lowest BCUT2D eigenvalue weighted by molar-refractivity contribution is -0.123. The number of benzene rings is 1. The van der Waals surface area contributed by atoms with Crippen LogP contribution < -0.4 is 10.6 Å². The maximum Gasteiger partial charge on any atom is 0.237 e. The van der Waals surface area contributed by atoms with Crippen LogP contribution in [0.3, 0.4) is 0 Å². The number of hydrogen-bond acceptors (Lipinski definition) is 3. The van der Waals surface area contributed by atoms with E-state index in [1.165, 1.54) is 44.1 Å². The summed E-state index contributed by atoms with van der Waals surface area (Å²) in [5.74, 6) is 0.950. The summed E-state index contributed by atoms with van der Waals surface area (Å²) in [6.07, 6.45) is 8.67. The Kier molecular flexibility index (Phi) is 8.87. The Bertz CT molecular complexity index is 572. The summed E-state index contributed by atoms with van der Waals surface area (Å²) in [5, 5.41) is 6.84. The first kappa shape index (κ1) is 22.5. The lowest BCUT2D eigenvalue weighted by Crippen LogP contribution is -2.47. The van der Waals surface area contributed by atoms with Gasteiger partial charge in [0.15, 0.2) is 0 Å². The molecule has 1 aliphatic carbocycles. The Balaban J connectivity index is 0.00000131. The molecule has 1 amide bonds. The smallest absolute Gasteiger partial charge is 0.237 e. The van der Waals surface area contributed by atoms with Crippen LogP contribution in [0.25, 0.3) is 0 Å². The Morgan fingerprint density at radius 1 is 1.07 bits per heavy atom. The van der Waals surface area contributed by atoms with Crippen LogP contribution in [0.15, 0.2) is 30.3 Å². The molecule has 2 N–H and O–H groups in total. The molecule has 3 fully saturated rings. The molecule has 1 saturated carbocycles. The van der Waals surface area contributed by atoms with Gasteiger partial charge in [-0.25, -0.2) is 0 Å². The predicted molar refractivity (Wildman–Crippen MR) is 115 cm³/mol. The molecule has 4 unspecified atom stereocenters. The third-order valence-corrected chi connectivity index (χ3v) is 6.42. The summed E-state index contributed by atoms with van der Waals surface area (Å²) in [6.45, 7) is 2.92. The number of amides is 1. The molecule has 1 aromatic carbocycles. The predicted octanol–water partition coefficient (Wildman–Crippen LogP) is 3.53. The van der Waals surface area contributed by atoms with E-state index in [2.05, 4.69) is 45.9 Å². The van der Waals surface area contributed by atoms with Crippen molar-refractivity contribution in [3.8, 4) is 0 Å². The first-order valence-electron chi connectivity index (χ1n) is 10.1. The van der Waals surface area contributed by atoms with Gasteiger partial charge in [0, 0.05) is 25.2 Å². The molecule has 0 bridgehead atoms. The van der Waals surface area contributed by atoms with E-state index in [-0.39, 0.29) is 36.8 Å². The van der Waals surface area contributed by atoms with Crippen LogP contribution in [0.1, 0.15) is 50.5 Å². The van der Waals surface area contributed by atoms with Crippen LogP contribution in [0, 0.1) is 5.92 Å². The first-order valence-corrected chi connectivity index (χ1v) is 10.1. The van der Waals surface area contributed by atoms with E-state index >= 15 is 0 Å². The molecule has 27 heavy (non-hydrogen) atoms. The second-order valence-electron chi connectivity index (χ2n) is 8.10. The van der Waals surface area contributed by atoms with Crippen molar-refractivity contribution in [1.29, 1.82) is 0 Å². The fourth-order valence-electron chi connectivity index (χ4n) is 5.02. The molecule has 4 nitrogen and oxygen atoms in total. The molecule has 2 saturated heterocycles. The number of halogens is 2. The number of carbonyl (C=O) groups excluding carboxylic acids is 1. The van der Waals surface area contributed by atoms with E-state index in [0.717, 1.165) is 32.0 Å². The van der Waals surface area contributed by atoms with E-state index in [9.17, 15) is 4.79 Å². The number of rotatable bonds is 5. The van der Waals surface area contributed by atoms with E-state index < -0.39 is 0 Å². The number of carbonyl (C=O) groups is 1. The van der Waals surface area contributed by atoms with Gasteiger partial charge in [0.25, 0.3) is 0 Å². The molecule has 2 heterocycles. The van der Waals surface area contributed by atoms with Crippen LogP contribution in [0.4, 0.5) is 0 Å². The van der Waals surface area contributed by atoms with Gasteiger partial charge in [-0.3, -0.25) is 9.69 Å². The van der Waals surface area contributed by atoms with Crippen molar-refractivity contribution in [3.63, 3.8) is 0 Å². The molecular formula is C21H33Cl2N3O. The summed E-state index contributed by atoms with van der Waals surface area (Å²) in [4.78, 5) is 15.1. The van der Waals surface area contributed by atoms with E-state index in [1.54, 1.807) is 0 Å². The Morgan fingerprint density at radius 3 is 2.63 bits per heavy atom. The van der Waals surface area contributed by atoms with Crippen molar-refractivity contribution in [2.45, 2.75) is 69.6 Å². The molecule has 6 heteroatoms. The quantitative estimate of drug-likeness (QED) is 0.775. The molecule has 4 atom stereocenters. The summed E-state index contributed by atoms with van der Waals surface area (Å²) in [5.41, 5.74) is 1.36. The summed E-state index contributed by atoms with van der Waals surface area (Å²) in [6, 6.07) is 11.8. The maximum atomic E-state index is 12.6. The van der Waals surface area contributed by atoms with Crippen molar-refractivity contribution in [2.24, 2.45) is 5.92 Å². The molecule has 1 aromatic rings. The number of nitrogens with zero attached hydrogens (tertiary/aromatic N) is 1. The van der Waals surface area contributed by atoms with Gasteiger partial charge in [0.1, 0.15) is 0 Å². The molecule has 2 aliphatic heterocycles. The van der Waals surface area contributed by atoms with Gasteiger partial charge in [-0.15, -0.1) is 24.8 Å². The molecule has 0 radical (unpaired) electrons. The Hall–Kier alpha value is -0.810. The second kappa shape index (κ2) is 10.7. The van der Waals surface area contributed by atoms with Crippen molar-refractivity contribution >= 4 is 30.7 Å². The lowest BCUT2D eigenvalue weighted by Gasteiger charge is -2.25. The van der Waals surface area contributed by atoms with E-state index in [0.29, 0.717) is 12.1 Å². The van der Waals surface area contributed by atoms with Gasteiger partial charge >= 0.3 is 0 Å². The van der Waals surface area contributed by atoms with Crippen molar-refractivity contribution in [3.05, 3.63) is 35.9 Å². The average molecular weight is 414 g/mol. The topological polar surface area (TPSA) is 44.4 Å². The zero-order valence-electron chi connectivity index (χ0n) is 15.9. The zero-order valence-corrected chi connectivity index (χ0v) is 17.6. The summed E-state index contributed by atoms with van der Waals surface area (Å²) >= 11 is 0. The molecule has 3 aliphatic rings. The van der Waals surface area contributed by atoms with Crippen LogP contribution in [-0.4, -0.2) is 42.0 Å². The van der Waals surface area contributed by atoms with Crippen molar-refractivity contribution in [1.82, 2.24) is 15.5 Å². The van der Waals surface area contributed by atoms with Crippen LogP contribution in [0.2, 0.25) is 0 Å². The van der Waals surface area contributed by atoms with Gasteiger partial charge in [-0.05, 0) is 50.1 Å². The van der Waals surface area contributed by atoms with Gasteiger partial charge < -0.3 is 10.6 Å². The highest BCUT2D eigenvalue weighted by atomic mass is 35.5. The highest BCUT2D eigenvalue weighted by molar-refractivity contribution is 5.85. The second-order valence-corrected chi connectivity index (χ2v) is 8.10. The van der Waals surface area contributed by atoms with Gasteiger partial charge in [0.05, 0.1) is 6.04 Å². The summed E-state index contributed by atoms with van der Waals surface area (Å²) in [7, 11) is 0. The van der Waals surface area contributed by atoms with E-state index in [1.807, 2.05) is 0 Å². The normalized spacial score (nSPS) is 30.1. The number of likely N-dealkylation sites (tertiary alicyclic amines) is 1.